The molecule has 20 heavy (non-hydrogen) atoms. The summed E-state index contributed by atoms with van der Waals surface area (Å²) in [5.74, 6) is -1.33. The summed E-state index contributed by atoms with van der Waals surface area (Å²) < 4.78 is -0.567. The zero-order chi connectivity index (χ0) is 15.1. The molecule has 0 saturated carbocycles. The average molecular weight is 301 g/mol. The van der Waals surface area contributed by atoms with Crippen LogP contribution in [-0.2, 0) is 9.59 Å². The van der Waals surface area contributed by atoms with Gasteiger partial charge in [-0.2, -0.15) is 0 Å². The molecular formula is C12H19N3O4S. The number of carbonyl (C=O) groups excluding carboxylic acids is 2. The molecule has 8 heteroatoms. The van der Waals surface area contributed by atoms with Gasteiger partial charge in [0.15, 0.2) is 0 Å². The summed E-state index contributed by atoms with van der Waals surface area (Å²) in [7, 11) is 0. The summed E-state index contributed by atoms with van der Waals surface area (Å²) in [4.78, 5) is 36.3. The first kappa shape index (κ1) is 15.0. The molecule has 0 unspecified atom stereocenters. The molecule has 3 N–H and O–H groups in total. The average Bonchev–Trinajstić information content (AvgIpc) is 2.62. The first-order chi connectivity index (χ1) is 9.29. The fourth-order valence-corrected chi connectivity index (χ4v) is 4.20. The number of aliphatic carboxylic acids is 1. The van der Waals surface area contributed by atoms with Crippen molar-refractivity contribution in [2.45, 2.75) is 49.4 Å². The molecule has 0 aromatic heterocycles. The third kappa shape index (κ3) is 2.32. The van der Waals surface area contributed by atoms with E-state index in [-0.39, 0.29) is 17.3 Å². The minimum atomic E-state index is -1.01. The molecule has 0 spiro atoms. The number of carboxylic acids is 1. The zero-order valence-corrected chi connectivity index (χ0v) is 12.5. The van der Waals surface area contributed by atoms with Crippen LogP contribution < -0.4 is 10.6 Å². The predicted octanol–water partition coefficient (Wildman–Crippen LogP) is 0.211. The van der Waals surface area contributed by atoms with E-state index in [2.05, 4.69) is 10.6 Å². The van der Waals surface area contributed by atoms with Crippen LogP contribution in [0.3, 0.4) is 0 Å². The second kappa shape index (κ2) is 5.16. The molecule has 2 fully saturated rings. The number of thioether (sulfide) groups is 1. The molecule has 0 bridgehead atoms. The van der Waals surface area contributed by atoms with Crippen LogP contribution in [0.2, 0.25) is 0 Å². The lowest BCUT2D eigenvalue weighted by Gasteiger charge is -2.43. The van der Waals surface area contributed by atoms with Crippen molar-refractivity contribution in [3.05, 3.63) is 0 Å². The smallest absolute Gasteiger partial charge is 0.327 e. The van der Waals surface area contributed by atoms with Gasteiger partial charge in [-0.05, 0) is 20.3 Å². The number of urea groups is 1. The Labute approximate surface area is 121 Å². The highest BCUT2D eigenvalue weighted by atomic mass is 32.2. The number of carboxylic acid groups (broad SMARTS) is 1. The Morgan fingerprint density at radius 1 is 1.45 bits per heavy atom. The van der Waals surface area contributed by atoms with Crippen molar-refractivity contribution in [1.82, 2.24) is 15.5 Å². The van der Waals surface area contributed by atoms with Crippen LogP contribution >= 0.6 is 11.8 Å². The Morgan fingerprint density at radius 3 is 2.65 bits per heavy atom. The first-order valence-corrected chi connectivity index (χ1v) is 7.44. The molecule has 0 aromatic rings. The molecular weight excluding hydrogens is 282 g/mol. The fourth-order valence-electron chi connectivity index (χ4n) is 2.58. The van der Waals surface area contributed by atoms with Gasteiger partial charge >= 0.3 is 12.0 Å². The largest absolute Gasteiger partial charge is 0.480 e. The van der Waals surface area contributed by atoms with E-state index in [4.69, 9.17) is 0 Å². The van der Waals surface area contributed by atoms with E-state index in [1.54, 1.807) is 13.8 Å². The highest BCUT2D eigenvalue weighted by Gasteiger charge is 2.64. The quantitative estimate of drug-likeness (QED) is 0.645. The lowest BCUT2D eigenvalue weighted by atomic mass is 9.96. The Balaban J connectivity index is 2.03. The van der Waals surface area contributed by atoms with Gasteiger partial charge in [0.05, 0.1) is 0 Å². The van der Waals surface area contributed by atoms with Crippen LogP contribution in [0.1, 0.15) is 27.2 Å². The number of fused-ring (bicyclic) bond motifs is 1. The molecule has 7 nitrogen and oxygen atoms in total. The number of amides is 3. The Bertz CT molecular complexity index is 454. The van der Waals surface area contributed by atoms with E-state index >= 15 is 0 Å². The second-order valence-corrected chi connectivity index (χ2v) is 7.25. The normalized spacial score (nSPS) is 30.4. The Morgan fingerprint density at radius 2 is 2.10 bits per heavy atom. The number of carbonyl (C=O) groups is 3. The van der Waals surface area contributed by atoms with Gasteiger partial charge in [-0.25, -0.2) is 9.59 Å². The maximum Gasteiger partial charge on any atom is 0.327 e. The second-order valence-electron chi connectivity index (χ2n) is 5.48. The summed E-state index contributed by atoms with van der Waals surface area (Å²) in [5, 5.41) is 14.2. The van der Waals surface area contributed by atoms with Gasteiger partial charge < -0.3 is 20.6 Å². The Kier molecular flexibility index (Phi) is 3.86. The number of nitrogens with one attached hydrogen (secondary N) is 2. The fraction of sp³-hybridized carbons (Fsp3) is 0.750. The molecule has 0 aromatic carbocycles. The molecule has 2 aliphatic heterocycles. The van der Waals surface area contributed by atoms with Crippen LogP contribution in [0.4, 0.5) is 4.79 Å². The number of hydrogen-bond donors (Lipinski definition) is 3. The number of rotatable bonds is 4. The third-order valence-corrected chi connectivity index (χ3v) is 5.07. The maximum absolute atomic E-state index is 12.1. The molecule has 2 rings (SSSR count). The van der Waals surface area contributed by atoms with Gasteiger partial charge in [-0.1, -0.05) is 6.92 Å². The van der Waals surface area contributed by atoms with Crippen molar-refractivity contribution in [1.29, 1.82) is 0 Å². The van der Waals surface area contributed by atoms with Gasteiger partial charge in [0.2, 0.25) is 5.91 Å². The summed E-state index contributed by atoms with van der Waals surface area (Å²) in [6, 6.07) is -1.87. The van der Waals surface area contributed by atoms with Gasteiger partial charge in [0.1, 0.15) is 17.5 Å². The van der Waals surface area contributed by atoms with Gasteiger partial charge in [-0.15, -0.1) is 11.8 Å². The van der Waals surface area contributed by atoms with Crippen molar-refractivity contribution in [2.24, 2.45) is 0 Å². The van der Waals surface area contributed by atoms with Gasteiger partial charge in [0, 0.05) is 11.3 Å². The molecule has 0 radical (unpaired) electrons. The van der Waals surface area contributed by atoms with Crippen molar-refractivity contribution in [3.8, 4) is 0 Å². The van der Waals surface area contributed by atoms with E-state index in [0.29, 0.717) is 6.54 Å². The first-order valence-electron chi connectivity index (χ1n) is 6.56. The summed E-state index contributed by atoms with van der Waals surface area (Å²) in [6.07, 6.45) is 0.810. The standard InChI is InChI=1S/C12H19N3O4S/c1-4-5-13-11(19)14-6-8(16)15-7(10(17)18)12(2,3)20-9(6)15/h6-7,9H,4-5H2,1-3H3,(H,17,18)(H2,13,14,19)/t6-,7+,9-/m1/s1. The van der Waals surface area contributed by atoms with Crippen molar-refractivity contribution >= 4 is 29.7 Å². The topological polar surface area (TPSA) is 98.7 Å². The highest BCUT2D eigenvalue weighted by molar-refractivity contribution is 8.01. The predicted molar refractivity (Wildman–Crippen MR) is 74.3 cm³/mol. The van der Waals surface area contributed by atoms with Crippen LogP contribution in [0.5, 0.6) is 0 Å². The van der Waals surface area contributed by atoms with E-state index in [1.807, 2.05) is 6.92 Å². The summed E-state index contributed by atoms with van der Waals surface area (Å²) >= 11 is 1.41. The zero-order valence-electron chi connectivity index (χ0n) is 11.7. The SMILES string of the molecule is CCCNC(=O)N[C@@H]1C(=O)N2[C@@H]1SC(C)(C)[C@@H]2C(=O)O. The van der Waals surface area contributed by atoms with Crippen molar-refractivity contribution in [2.75, 3.05) is 6.54 Å². The summed E-state index contributed by atoms with van der Waals surface area (Å²) in [6.45, 7) is 6.08. The number of nitrogens with zero attached hydrogens (tertiary/aromatic N) is 1. The van der Waals surface area contributed by atoms with Crippen LogP contribution in [0, 0.1) is 0 Å². The summed E-state index contributed by atoms with van der Waals surface area (Å²) in [5.41, 5.74) is 0. The van der Waals surface area contributed by atoms with E-state index in [0.717, 1.165) is 6.42 Å². The third-order valence-electron chi connectivity index (χ3n) is 3.50. The van der Waals surface area contributed by atoms with E-state index in [1.165, 1.54) is 16.7 Å². The van der Waals surface area contributed by atoms with Crippen LogP contribution in [-0.4, -0.2) is 56.7 Å². The van der Waals surface area contributed by atoms with Crippen LogP contribution in [0.25, 0.3) is 0 Å². The minimum absolute atomic E-state index is 0.300. The van der Waals surface area contributed by atoms with Gasteiger partial charge in [0.25, 0.3) is 0 Å². The molecule has 3 amide bonds. The minimum Gasteiger partial charge on any atom is -0.480 e. The molecule has 112 valence electrons. The maximum atomic E-state index is 12.1. The van der Waals surface area contributed by atoms with Crippen LogP contribution in [0.15, 0.2) is 0 Å². The van der Waals surface area contributed by atoms with E-state index in [9.17, 15) is 19.5 Å². The number of hydrogen-bond acceptors (Lipinski definition) is 4. The lowest BCUT2D eigenvalue weighted by Crippen LogP contribution is -2.71. The highest BCUT2D eigenvalue weighted by Crippen LogP contribution is 2.50. The molecule has 2 saturated heterocycles. The molecule has 0 aliphatic carbocycles. The Hall–Kier alpha value is -1.44. The van der Waals surface area contributed by atoms with Crippen molar-refractivity contribution in [3.63, 3.8) is 0 Å². The monoisotopic (exact) mass is 301 g/mol. The van der Waals surface area contributed by atoms with Gasteiger partial charge in [-0.3, -0.25) is 4.79 Å². The lowest BCUT2D eigenvalue weighted by molar-refractivity contribution is -0.159. The number of β-lactam (4-membered cyclic amide) rings is 1. The van der Waals surface area contributed by atoms with Crippen molar-refractivity contribution < 1.29 is 19.5 Å². The molecule has 3 atom stereocenters. The molecule has 2 aliphatic rings. The molecule has 2 heterocycles. The van der Waals surface area contributed by atoms with E-state index < -0.39 is 22.8 Å².